The standard InChI is InChI=1S/C35H47F3N5O9P/c1-5-21-19-34(21,53(48)51-52-53)41-29(44)27-18-24(20-43(27)30(45)28(33(2,3)4)40-32(47)49-23-11-7-8-12-23)50-31(46)39-25-17-22(35(36,37)38)13-14-26(25)42-15-9-6-10-16-42/h5,13-14,17,21,23-24,27-28H,1,6-12,15-16,18-20H2,2-4H3,(H,39,46)(H,40,47)(H,41,44)/t21?,24-,27+,28-,34?/m1/s1. The van der Waals surface area contributed by atoms with Crippen LogP contribution in [0.3, 0.4) is 0 Å². The fraction of sp³-hybridized carbons (Fsp3) is 0.657. The first kappa shape index (κ1) is 38.9. The summed E-state index contributed by atoms with van der Waals surface area (Å²) >= 11 is 0. The van der Waals surface area contributed by atoms with Gasteiger partial charge in [0.05, 0.1) is 23.5 Å². The smallest absolute Gasteiger partial charge is 0.416 e. The largest absolute Gasteiger partial charge is 0.446 e. The Balaban J connectivity index is 1.23. The molecule has 5 fully saturated rings. The molecule has 0 aromatic heterocycles. The van der Waals surface area contributed by atoms with Gasteiger partial charge in [-0.2, -0.15) is 13.2 Å². The van der Waals surface area contributed by atoms with E-state index in [4.69, 9.17) is 18.8 Å². The molecule has 5 atom stereocenters. The van der Waals surface area contributed by atoms with Crippen molar-refractivity contribution in [2.45, 2.75) is 114 Å². The molecule has 3 aliphatic heterocycles. The van der Waals surface area contributed by atoms with E-state index in [-0.39, 0.29) is 31.2 Å². The molecular formula is C35H47F3N5O9P. The molecule has 0 radical (unpaired) electrons. The van der Waals surface area contributed by atoms with E-state index in [1.807, 2.05) is 4.90 Å². The SMILES string of the molecule is C=CC1CC1(NC(=O)[C@@H]1C[C@@H](OC(=O)Nc2cc(C(F)(F)F)ccc2N2CCCCC2)CN1C(=O)[C@@H](NC(=O)OC1CCCC1)C(C)(C)C)P1(=O)OO1. The van der Waals surface area contributed by atoms with Gasteiger partial charge in [-0.15, -0.1) is 15.9 Å². The minimum atomic E-state index is -4.67. The summed E-state index contributed by atoms with van der Waals surface area (Å²) in [4.78, 5) is 57.8. The number of likely N-dealkylation sites (tertiary alicyclic amines) is 1. The van der Waals surface area contributed by atoms with Crippen LogP contribution in [0.4, 0.5) is 34.1 Å². The van der Waals surface area contributed by atoms with Crippen LogP contribution in [0.1, 0.15) is 84.1 Å². The number of nitrogens with zero attached hydrogens (tertiary/aromatic N) is 2. The highest BCUT2D eigenvalue weighted by molar-refractivity contribution is 7.60. The summed E-state index contributed by atoms with van der Waals surface area (Å²) in [7, 11) is -3.67. The summed E-state index contributed by atoms with van der Waals surface area (Å²) in [6.45, 7) is 9.82. The molecule has 1 aromatic carbocycles. The Morgan fingerprint density at radius 2 is 1.66 bits per heavy atom. The molecule has 2 unspecified atom stereocenters. The predicted octanol–water partition coefficient (Wildman–Crippen LogP) is 6.47. The number of nitrogens with one attached hydrogen (secondary N) is 3. The lowest BCUT2D eigenvalue weighted by Crippen LogP contribution is -2.58. The molecule has 53 heavy (non-hydrogen) atoms. The number of hydrogen-bond acceptors (Lipinski definition) is 10. The lowest BCUT2D eigenvalue weighted by atomic mass is 9.85. The molecule has 1 aromatic rings. The topological polar surface area (TPSA) is 171 Å². The Labute approximate surface area is 305 Å². The van der Waals surface area contributed by atoms with Crippen LogP contribution >= 0.6 is 7.60 Å². The lowest BCUT2D eigenvalue weighted by molar-refractivity contribution is -0.142. The van der Waals surface area contributed by atoms with Crippen molar-refractivity contribution in [1.82, 2.24) is 15.5 Å². The van der Waals surface area contributed by atoms with Gasteiger partial charge >= 0.3 is 26.0 Å². The maximum absolute atomic E-state index is 14.4. The van der Waals surface area contributed by atoms with Gasteiger partial charge in [0.1, 0.15) is 24.3 Å². The van der Waals surface area contributed by atoms with E-state index < -0.39 is 78.1 Å². The second kappa shape index (κ2) is 14.8. The molecule has 292 valence electrons. The molecule has 3 N–H and O–H groups in total. The maximum Gasteiger partial charge on any atom is 0.416 e. The highest BCUT2D eigenvalue weighted by atomic mass is 31.2. The predicted molar refractivity (Wildman–Crippen MR) is 186 cm³/mol. The van der Waals surface area contributed by atoms with Crippen LogP contribution in [0.5, 0.6) is 0 Å². The van der Waals surface area contributed by atoms with Crippen LogP contribution in [0, 0.1) is 11.3 Å². The number of piperidine rings is 1. The third kappa shape index (κ3) is 8.46. The number of rotatable bonds is 10. The first-order valence-corrected chi connectivity index (χ1v) is 19.6. The van der Waals surface area contributed by atoms with Gasteiger partial charge in [0, 0.05) is 25.4 Å². The number of carbonyl (C=O) groups is 4. The molecule has 0 bridgehead atoms. The van der Waals surface area contributed by atoms with E-state index in [0.717, 1.165) is 44.2 Å². The van der Waals surface area contributed by atoms with Crippen LogP contribution in [-0.4, -0.2) is 78.1 Å². The Bertz CT molecular complexity index is 1650. The van der Waals surface area contributed by atoms with Crippen LogP contribution in [0.25, 0.3) is 0 Å². The van der Waals surface area contributed by atoms with Gasteiger partial charge in [0.15, 0.2) is 5.28 Å². The number of ether oxygens (including phenoxy) is 2. The van der Waals surface area contributed by atoms with Crippen molar-refractivity contribution >= 4 is 43.0 Å². The molecule has 2 aliphatic carbocycles. The summed E-state index contributed by atoms with van der Waals surface area (Å²) in [6, 6.07) is 0.680. The Morgan fingerprint density at radius 3 is 2.25 bits per heavy atom. The fourth-order valence-corrected chi connectivity index (χ4v) is 9.24. The number of anilines is 2. The van der Waals surface area contributed by atoms with Gasteiger partial charge in [-0.1, -0.05) is 26.8 Å². The van der Waals surface area contributed by atoms with E-state index in [2.05, 4.69) is 22.5 Å². The van der Waals surface area contributed by atoms with E-state index in [0.29, 0.717) is 31.6 Å². The van der Waals surface area contributed by atoms with Gasteiger partial charge in [-0.05, 0) is 75.0 Å². The number of carbonyl (C=O) groups excluding carboxylic acids is 4. The second-order valence-electron chi connectivity index (χ2n) is 15.5. The normalized spacial score (nSPS) is 27.4. The fourth-order valence-electron chi connectivity index (χ4n) is 7.55. The molecule has 14 nitrogen and oxygen atoms in total. The van der Waals surface area contributed by atoms with Crippen LogP contribution in [0.2, 0.25) is 0 Å². The Kier molecular flexibility index (Phi) is 10.8. The lowest BCUT2D eigenvalue weighted by Gasteiger charge is -2.35. The van der Waals surface area contributed by atoms with E-state index in [1.54, 1.807) is 20.8 Å². The van der Waals surface area contributed by atoms with Crippen LogP contribution in [-0.2, 0) is 39.2 Å². The Morgan fingerprint density at radius 1 is 1.00 bits per heavy atom. The van der Waals surface area contributed by atoms with Gasteiger partial charge in [-0.3, -0.25) is 19.5 Å². The molecule has 0 spiro atoms. The highest BCUT2D eigenvalue weighted by Gasteiger charge is 2.76. The zero-order valence-electron chi connectivity index (χ0n) is 30.0. The van der Waals surface area contributed by atoms with Gasteiger partial charge < -0.3 is 29.9 Å². The molecule has 3 heterocycles. The van der Waals surface area contributed by atoms with Crippen molar-refractivity contribution in [2.24, 2.45) is 11.3 Å². The minimum absolute atomic E-state index is 0.0926. The van der Waals surface area contributed by atoms with E-state index >= 15 is 0 Å². The summed E-state index contributed by atoms with van der Waals surface area (Å²) in [5.41, 5.74) is -1.51. The minimum Gasteiger partial charge on any atom is -0.446 e. The average Bonchev–Trinajstić information content (AvgIpc) is 3.88. The van der Waals surface area contributed by atoms with Gasteiger partial charge in [0.25, 0.3) is 0 Å². The third-order valence-corrected chi connectivity index (χ3v) is 12.7. The van der Waals surface area contributed by atoms with Crippen molar-refractivity contribution in [3.05, 3.63) is 36.4 Å². The number of hydrogen-bond donors (Lipinski definition) is 3. The molecule has 3 saturated heterocycles. The summed E-state index contributed by atoms with van der Waals surface area (Å²) < 4.78 is 75.0. The number of halogens is 3. The van der Waals surface area contributed by atoms with E-state index in [1.165, 1.54) is 17.0 Å². The zero-order chi connectivity index (χ0) is 38.3. The van der Waals surface area contributed by atoms with E-state index in [9.17, 15) is 36.9 Å². The molecular weight excluding hydrogens is 722 g/mol. The molecule has 18 heteroatoms. The molecule has 2 saturated carbocycles. The highest BCUT2D eigenvalue weighted by Crippen LogP contribution is 2.82. The van der Waals surface area contributed by atoms with Crippen molar-refractivity contribution in [1.29, 1.82) is 0 Å². The average molecular weight is 770 g/mol. The van der Waals surface area contributed by atoms with Gasteiger partial charge in [-0.25, -0.2) is 9.59 Å². The second-order valence-corrected chi connectivity index (χ2v) is 17.6. The first-order chi connectivity index (χ1) is 24.9. The molecule has 5 aliphatic rings. The maximum atomic E-state index is 14.4. The molecule has 4 amide bonds. The zero-order valence-corrected chi connectivity index (χ0v) is 30.9. The van der Waals surface area contributed by atoms with Crippen molar-refractivity contribution in [3.63, 3.8) is 0 Å². The number of alkyl halides is 3. The number of benzene rings is 1. The quantitative estimate of drug-likeness (QED) is 0.104. The summed E-state index contributed by atoms with van der Waals surface area (Å²) in [5.74, 6) is -1.82. The van der Waals surface area contributed by atoms with Crippen molar-refractivity contribution < 1.29 is 55.7 Å². The van der Waals surface area contributed by atoms with Crippen LogP contribution in [0.15, 0.2) is 30.9 Å². The van der Waals surface area contributed by atoms with Gasteiger partial charge in [0.2, 0.25) is 11.8 Å². The monoisotopic (exact) mass is 769 g/mol. The first-order valence-electron chi connectivity index (χ1n) is 18.1. The third-order valence-electron chi connectivity index (χ3n) is 10.6. The summed E-state index contributed by atoms with van der Waals surface area (Å²) in [5, 5.41) is 6.51. The Hall–Kier alpha value is -3.82. The van der Waals surface area contributed by atoms with Crippen molar-refractivity contribution in [3.8, 4) is 0 Å². The number of amides is 4. The van der Waals surface area contributed by atoms with Crippen LogP contribution < -0.4 is 20.9 Å². The number of alkyl carbamates (subject to hydrolysis) is 1. The van der Waals surface area contributed by atoms with Crippen molar-refractivity contribution in [2.75, 3.05) is 29.9 Å². The molecule has 6 rings (SSSR count). The summed E-state index contributed by atoms with van der Waals surface area (Å²) in [6.07, 6.45) is -0.464.